The quantitative estimate of drug-likeness (QED) is 0.452. The molecule has 6 heteroatoms. The lowest BCUT2D eigenvalue weighted by atomic mass is 9.82. The minimum Gasteiger partial charge on any atom is -0.426 e. The Morgan fingerprint density at radius 2 is 1.33 bits per heavy atom. The van der Waals surface area contributed by atoms with Gasteiger partial charge in [0.15, 0.2) is 0 Å². The molecule has 1 aliphatic carbocycles. The Bertz CT molecular complexity index is 885. The number of thiol groups is 2. The first-order chi connectivity index (χ1) is 12.9. The maximum atomic E-state index is 12.7. The molecule has 1 aliphatic rings. The first-order valence-electron chi connectivity index (χ1n) is 8.30. The molecule has 0 fully saturated rings. The number of hydrogen-bond acceptors (Lipinski definition) is 6. The molecule has 2 atom stereocenters. The Morgan fingerprint density at radius 3 is 1.85 bits per heavy atom. The number of allylic oxidation sites excluding steroid dienone is 2. The van der Waals surface area contributed by atoms with Crippen molar-refractivity contribution in [3.63, 3.8) is 0 Å². The Kier molecular flexibility index (Phi) is 6.08. The van der Waals surface area contributed by atoms with Gasteiger partial charge in [0, 0.05) is 9.79 Å². The summed E-state index contributed by atoms with van der Waals surface area (Å²) in [4.78, 5) is 26.8. The highest BCUT2D eigenvalue weighted by molar-refractivity contribution is 7.80. The molecule has 3 rings (SSSR count). The summed E-state index contributed by atoms with van der Waals surface area (Å²) in [5.41, 5.74) is 0.756. The lowest BCUT2D eigenvalue weighted by Crippen LogP contribution is -2.35. The molecule has 0 saturated heterocycles. The van der Waals surface area contributed by atoms with Gasteiger partial charge in [-0.2, -0.15) is 0 Å². The van der Waals surface area contributed by atoms with Crippen LogP contribution in [0.5, 0.6) is 11.5 Å². The Labute approximate surface area is 168 Å². The maximum Gasteiger partial charge on any atom is 0.319 e. The molecule has 2 aromatic carbocycles. The fourth-order valence-electron chi connectivity index (χ4n) is 2.73. The third-order valence-corrected chi connectivity index (χ3v) is 4.74. The van der Waals surface area contributed by atoms with Crippen LogP contribution in [-0.2, 0) is 9.59 Å². The van der Waals surface area contributed by atoms with E-state index in [4.69, 9.17) is 9.47 Å². The fourth-order valence-corrected chi connectivity index (χ4v) is 3.03. The lowest BCUT2D eigenvalue weighted by molar-refractivity contribution is -0.148. The molecule has 138 valence electrons. The van der Waals surface area contributed by atoms with Crippen LogP contribution in [0.25, 0.3) is 0 Å². The highest BCUT2D eigenvalue weighted by Crippen LogP contribution is 2.31. The van der Waals surface area contributed by atoms with E-state index in [9.17, 15) is 9.59 Å². The second kappa shape index (κ2) is 8.50. The zero-order valence-corrected chi connectivity index (χ0v) is 16.2. The summed E-state index contributed by atoms with van der Waals surface area (Å²) in [6.45, 7) is 3.89. The van der Waals surface area contributed by atoms with Crippen LogP contribution in [0.2, 0.25) is 0 Å². The van der Waals surface area contributed by atoms with Crippen molar-refractivity contribution in [2.45, 2.75) is 16.2 Å². The van der Waals surface area contributed by atoms with Crippen molar-refractivity contribution < 1.29 is 19.1 Å². The number of rotatable bonds is 4. The van der Waals surface area contributed by atoms with Crippen molar-refractivity contribution >= 4 is 37.2 Å². The monoisotopic (exact) mass is 398 g/mol. The predicted molar refractivity (Wildman–Crippen MR) is 109 cm³/mol. The summed E-state index contributed by atoms with van der Waals surface area (Å²) < 4.78 is 10.9. The number of carbonyl (C=O) groups excluding carboxylic acids is 2. The average Bonchev–Trinajstić information content (AvgIpc) is 2.65. The van der Waals surface area contributed by atoms with E-state index in [0.717, 1.165) is 15.4 Å². The fraction of sp³-hybridized carbons (Fsp3) is 0.143. The third kappa shape index (κ3) is 5.05. The largest absolute Gasteiger partial charge is 0.426 e. The van der Waals surface area contributed by atoms with Gasteiger partial charge in [-0.3, -0.25) is 9.59 Å². The molecule has 0 saturated carbocycles. The molecule has 0 heterocycles. The van der Waals surface area contributed by atoms with Gasteiger partial charge in [0.05, 0.1) is 11.8 Å². The van der Waals surface area contributed by atoms with Gasteiger partial charge in [0.2, 0.25) is 0 Å². The molecule has 27 heavy (non-hydrogen) atoms. The van der Waals surface area contributed by atoms with Crippen LogP contribution in [-0.4, -0.2) is 11.9 Å². The highest BCUT2D eigenvalue weighted by Gasteiger charge is 2.37. The summed E-state index contributed by atoms with van der Waals surface area (Å²) in [6.07, 6.45) is 3.71. The zero-order valence-electron chi connectivity index (χ0n) is 14.4. The summed E-state index contributed by atoms with van der Waals surface area (Å²) >= 11 is 8.40. The number of ether oxygens (including phenoxy) is 2. The van der Waals surface area contributed by atoms with E-state index in [1.54, 1.807) is 60.7 Å². The second-order valence-corrected chi connectivity index (χ2v) is 7.22. The normalized spacial score (nSPS) is 18.8. The summed E-state index contributed by atoms with van der Waals surface area (Å²) in [5.74, 6) is -1.67. The summed E-state index contributed by atoms with van der Waals surface area (Å²) in [5, 5.41) is 0. The highest BCUT2D eigenvalue weighted by atomic mass is 32.1. The number of carbonyl (C=O) groups is 2. The van der Waals surface area contributed by atoms with Crippen LogP contribution in [0.1, 0.15) is 6.42 Å². The zero-order chi connectivity index (χ0) is 19.4. The van der Waals surface area contributed by atoms with Crippen molar-refractivity contribution in [2.24, 2.45) is 11.8 Å². The van der Waals surface area contributed by atoms with Crippen molar-refractivity contribution in [3.05, 3.63) is 72.8 Å². The molecule has 0 radical (unpaired) electrons. The summed E-state index contributed by atoms with van der Waals surface area (Å²) in [7, 11) is 0. The average molecular weight is 399 g/mol. The minimum atomic E-state index is -0.747. The molecule has 0 N–H and O–H groups in total. The SMILES string of the molecule is C=C1C=CC(C(=O)Oc2ccc(S)cc2)C(C(=O)Oc2ccc(S)cc2)C1. The standard InChI is InChI=1S/C21H18O4S2/c1-13-2-11-18(20(22)24-14-3-7-16(26)8-4-14)19(12-13)21(23)25-15-5-9-17(27)10-6-15/h2-11,18-19,26-27H,1,12H2. The number of esters is 2. The molecule has 0 spiro atoms. The Hall–Kier alpha value is -2.44. The lowest BCUT2D eigenvalue weighted by Gasteiger charge is -2.25. The van der Waals surface area contributed by atoms with Gasteiger partial charge in [0.1, 0.15) is 11.5 Å². The molecule has 0 bridgehead atoms. The number of hydrogen-bond donors (Lipinski definition) is 2. The molecule has 0 amide bonds. The van der Waals surface area contributed by atoms with Crippen molar-refractivity contribution in [1.29, 1.82) is 0 Å². The predicted octanol–water partition coefficient (Wildman–Crippen LogP) is 4.52. The van der Waals surface area contributed by atoms with Gasteiger partial charge < -0.3 is 9.47 Å². The van der Waals surface area contributed by atoms with Gasteiger partial charge in [-0.05, 0) is 55.0 Å². The van der Waals surface area contributed by atoms with E-state index < -0.39 is 23.8 Å². The van der Waals surface area contributed by atoms with Crippen LogP contribution in [0, 0.1) is 11.8 Å². The Morgan fingerprint density at radius 1 is 0.852 bits per heavy atom. The van der Waals surface area contributed by atoms with Gasteiger partial charge in [-0.15, -0.1) is 25.3 Å². The van der Waals surface area contributed by atoms with Crippen molar-refractivity contribution in [2.75, 3.05) is 0 Å². The number of benzene rings is 2. The van der Waals surface area contributed by atoms with Gasteiger partial charge in [-0.25, -0.2) is 0 Å². The first-order valence-corrected chi connectivity index (χ1v) is 9.19. The van der Waals surface area contributed by atoms with Crippen LogP contribution in [0.15, 0.2) is 82.6 Å². The van der Waals surface area contributed by atoms with Crippen LogP contribution in [0.4, 0.5) is 0 Å². The smallest absolute Gasteiger partial charge is 0.319 e. The molecule has 0 aliphatic heterocycles. The van der Waals surface area contributed by atoms with E-state index in [2.05, 4.69) is 31.8 Å². The molecule has 2 unspecified atom stereocenters. The van der Waals surface area contributed by atoms with Gasteiger partial charge >= 0.3 is 11.9 Å². The molecular weight excluding hydrogens is 380 g/mol. The topological polar surface area (TPSA) is 52.6 Å². The second-order valence-electron chi connectivity index (χ2n) is 6.18. The third-order valence-electron chi connectivity index (χ3n) is 4.14. The van der Waals surface area contributed by atoms with Gasteiger partial charge in [-0.1, -0.05) is 24.3 Å². The Balaban J connectivity index is 1.75. The van der Waals surface area contributed by atoms with E-state index in [1.807, 2.05) is 0 Å². The van der Waals surface area contributed by atoms with Crippen molar-refractivity contribution in [1.82, 2.24) is 0 Å². The van der Waals surface area contributed by atoms with Crippen LogP contribution >= 0.6 is 25.3 Å². The van der Waals surface area contributed by atoms with Crippen molar-refractivity contribution in [3.8, 4) is 11.5 Å². The minimum absolute atomic E-state index is 0.329. The van der Waals surface area contributed by atoms with Gasteiger partial charge in [0.25, 0.3) is 0 Å². The maximum absolute atomic E-state index is 12.7. The molecule has 4 nitrogen and oxygen atoms in total. The molecular formula is C21H18O4S2. The van der Waals surface area contributed by atoms with Crippen LogP contribution < -0.4 is 9.47 Å². The van der Waals surface area contributed by atoms with E-state index in [0.29, 0.717) is 17.9 Å². The molecule has 2 aromatic rings. The first kappa shape index (κ1) is 19.3. The summed E-state index contributed by atoms with van der Waals surface area (Å²) in [6, 6.07) is 13.5. The van der Waals surface area contributed by atoms with E-state index in [1.165, 1.54) is 0 Å². The van der Waals surface area contributed by atoms with E-state index >= 15 is 0 Å². The van der Waals surface area contributed by atoms with E-state index in [-0.39, 0.29) is 0 Å². The molecule has 0 aromatic heterocycles. The van der Waals surface area contributed by atoms with Crippen LogP contribution in [0.3, 0.4) is 0 Å².